The van der Waals surface area contributed by atoms with E-state index in [1.165, 1.54) is 0 Å². The summed E-state index contributed by atoms with van der Waals surface area (Å²) in [6.45, 7) is 0. The average molecular weight is 537 g/mol. The lowest BCUT2D eigenvalue weighted by atomic mass is 9.59. The van der Waals surface area contributed by atoms with Gasteiger partial charge in [-0.25, -0.2) is 0 Å². The molecule has 5 rings (SSSR count). The normalized spacial score (nSPS) is 27.7. The van der Waals surface area contributed by atoms with Crippen LogP contribution in [0.2, 0.25) is 0 Å². The molecule has 3 atom stereocenters. The molecule has 2 fully saturated rings. The lowest BCUT2D eigenvalue weighted by Gasteiger charge is -2.46. The molecule has 1 aromatic carbocycles. The van der Waals surface area contributed by atoms with E-state index in [9.17, 15) is 39.9 Å². The Balaban J connectivity index is 1.68. The van der Waals surface area contributed by atoms with Crippen molar-refractivity contribution in [1.82, 2.24) is 0 Å². The molecule has 4 aliphatic carbocycles. The number of ketones is 2. The van der Waals surface area contributed by atoms with Gasteiger partial charge in [0.05, 0.1) is 11.1 Å². The fraction of sp³-hybridized carbons (Fsp3) is 0.483. The third-order valence-corrected chi connectivity index (χ3v) is 8.63. The van der Waals surface area contributed by atoms with Gasteiger partial charge in [0.2, 0.25) is 5.78 Å². The number of nitrogens with two attached hydrogens (primary N) is 1. The largest absolute Gasteiger partial charge is 0.508 e. The van der Waals surface area contributed by atoms with Crippen LogP contribution in [0.15, 0.2) is 23.0 Å². The highest BCUT2D eigenvalue weighted by Crippen LogP contribution is 2.53. The number of hydrogen-bond donors (Lipinski definition) is 6. The van der Waals surface area contributed by atoms with Crippen LogP contribution in [0.25, 0.3) is 5.76 Å². The number of aliphatic hydroxyl groups excluding tert-OH is 2. The summed E-state index contributed by atoms with van der Waals surface area (Å²) in [4.78, 5) is 39.9. The number of aliphatic hydroxyl groups is 4. The second-order valence-corrected chi connectivity index (χ2v) is 11.3. The number of nitrogens with zero attached hydrogens (tertiary/aromatic N) is 1. The first-order valence-electron chi connectivity index (χ1n) is 13.1. The summed E-state index contributed by atoms with van der Waals surface area (Å²) >= 11 is 0. The molecule has 7 N–H and O–H groups in total. The standard InChI is InChI=1S/C29H32N2O8/c1-31(2)18-12-14(6-9-28(38)7-4-3-5-8-28)23(33)21-17(18)11-15-10-16-13-19(32)22(27(30)37)26(36)29(16,39)25(35)20(15)24(21)34/h12,15-16,33-34,36,38-39H,3-5,7-8,10-11,13H2,1-2H3,(H2,30,37). The van der Waals surface area contributed by atoms with Gasteiger partial charge in [0, 0.05) is 37.7 Å². The van der Waals surface area contributed by atoms with Gasteiger partial charge >= 0.3 is 0 Å². The molecule has 0 spiro atoms. The van der Waals surface area contributed by atoms with Crippen LogP contribution in [0.4, 0.5) is 5.69 Å². The van der Waals surface area contributed by atoms with Crippen molar-refractivity contribution in [2.45, 2.75) is 62.6 Å². The van der Waals surface area contributed by atoms with Gasteiger partial charge in [0.25, 0.3) is 5.91 Å². The zero-order valence-corrected chi connectivity index (χ0v) is 21.9. The number of carbonyl (C=O) groups is 3. The minimum atomic E-state index is -2.61. The Morgan fingerprint density at radius 3 is 2.36 bits per heavy atom. The Labute approximate surface area is 225 Å². The molecule has 1 amide bonds. The molecule has 0 saturated heterocycles. The number of phenolic OH excluding ortho intramolecular Hbond substituents is 1. The van der Waals surface area contributed by atoms with E-state index in [-0.39, 0.29) is 41.7 Å². The predicted octanol–water partition coefficient (Wildman–Crippen LogP) is 1.54. The maximum absolute atomic E-state index is 13.7. The monoisotopic (exact) mass is 536 g/mol. The number of amides is 1. The number of rotatable bonds is 2. The van der Waals surface area contributed by atoms with Gasteiger partial charge in [-0.3, -0.25) is 14.4 Å². The molecule has 0 aromatic heterocycles. The van der Waals surface area contributed by atoms with Crippen molar-refractivity contribution in [2.75, 3.05) is 19.0 Å². The Morgan fingerprint density at radius 1 is 1.08 bits per heavy atom. The van der Waals surface area contributed by atoms with E-state index in [4.69, 9.17) is 5.73 Å². The quantitative estimate of drug-likeness (QED) is 0.241. The van der Waals surface area contributed by atoms with E-state index < -0.39 is 57.6 Å². The zero-order chi connectivity index (χ0) is 28.4. The van der Waals surface area contributed by atoms with Gasteiger partial charge in [0.15, 0.2) is 11.4 Å². The molecule has 0 heterocycles. The lowest BCUT2D eigenvalue weighted by molar-refractivity contribution is -0.147. The first kappa shape index (κ1) is 26.8. The SMILES string of the molecule is CN(C)c1cc(C#CC2(O)CCCCC2)c(O)c2c1CC1CC3CC(=O)C(C(N)=O)=C(O)C3(O)C(=O)C1=C2O. The van der Waals surface area contributed by atoms with Gasteiger partial charge in [-0.15, -0.1) is 0 Å². The van der Waals surface area contributed by atoms with Crippen molar-refractivity contribution in [2.24, 2.45) is 17.6 Å². The number of hydrogen-bond acceptors (Lipinski definition) is 9. The van der Waals surface area contributed by atoms with Crippen LogP contribution in [0.5, 0.6) is 5.75 Å². The first-order valence-corrected chi connectivity index (χ1v) is 13.1. The molecule has 10 heteroatoms. The Bertz CT molecular complexity index is 1440. The van der Waals surface area contributed by atoms with Crippen LogP contribution in [0, 0.1) is 23.7 Å². The van der Waals surface area contributed by atoms with Crippen LogP contribution in [0.1, 0.15) is 61.6 Å². The minimum Gasteiger partial charge on any atom is -0.508 e. The first-order chi connectivity index (χ1) is 18.3. The second-order valence-electron chi connectivity index (χ2n) is 11.3. The van der Waals surface area contributed by atoms with Gasteiger partial charge in [-0.2, -0.15) is 0 Å². The Morgan fingerprint density at radius 2 is 1.74 bits per heavy atom. The summed E-state index contributed by atoms with van der Waals surface area (Å²) in [5.74, 6) is -1.00. The fourth-order valence-electron chi connectivity index (χ4n) is 6.61. The summed E-state index contributed by atoms with van der Waals surface area (Å²) in [5.41, 5.74) is 1.75. The minimum absolute atomic E-state index is 0.0201. The summed E-state index contributed by atoms with van der Waals surface area (Å²) in [6.07, 6.45) is 3.63. The molecule has 0 aliphatic heterocycles. The van der Waals surface area contributed by atoms with Gasteiger partial charge in [-0.05, 0) is 56.1 Å². The number of benzene rings is 1. The number of fused-ring (bicyclic) bond motifs is 3. The summed E-state index contributed by atoms with van der Waals surface area (Å²) in [5, 5.41) is 55.7. The number of primary amides is 1. The molecule has 10 nitrogen and oxygen atoms in total. The molecule has 39 heavy (non-hydrogen) atoms. The van der Waals surface area contributed by atoms with Crippen LogP contribution in [-0.4, -0.2) is 68.3 Å². The molecule has 4 aliphatic rings. The summed E-state index contributed by atoms with van der Waals surface area (Å²) in [7, 11) is 3.57. The van der Waals surface area contributed by atoms with Crippen LogP contribution < -0.4 is 10.6 Å². The highest BCUT2D eigenvalue weighted by atomic mass is 16.3. The predicted molar refractivity (Wildman–Crippen MR) is 141 cm³/mol. The lowest BCUT2D eigenvalue weighted by Crippen LogP contribution is -2.58. The third kappa shape index (κ3) is 3.99. The maximum Gasteiger partial charge on any atom is 0.255 e. The maximum atomic E-state index is 13.7. The van der Waals surface area contributed by atoms with Crippen molar-refractivity contribution in [3.8, 4) is 17.6 Å². The van der Waals surface area contributed by atoms with Crippen molar-refractivity contribution in [3.63, 3.8) is 0 Å². The van der Waals surface area contributed by atoms with E-state index >= 15 is 0 Å². The number of phenols is 1. The number of Topliss-reactive ketones (excluding diaryl/α,β-unsaturated/α-hetero) is 2. The van der Waals surface area contributed by atoms with E-state index in [0.29, 0.717) is 24.1 Å². The van der Waals surface area contributed by atoms with Crippen molar-refractivity contribution in [3.05, 3.63) is 39.7 Å². The summed E-state index contributed by atoms with van der Waals surface area (Å²) in [6, 6.07) is 1.67. The van der Waals surface area contributed by atoms with Crippen LogP contribution in [-0.2, 0) is 20.8 Å². The van der Waals surface area contributed by atoms with E-state index in [0.717, 1.165) is 19.3 Å². The molecular formula is C29H32N2O8. The number of aromatic hydroxyl groups is 1. The van der Waals surface area contributed by atoms with Crippen molar-refractivity contribution in [1.29, 1.82) is 0 Å². The third-order valence-electron chi connectivity index (χ3n) is 8.63. The average Bonchev–Trinajstić information content (AvgIpc) is 2.85. The Hall–Kier alpha value is -3.81. The van der Waals surface area contributed by atoms with E-state index in [2.05, 4.69) is 11.8 Å². The molecule has 1 aromatic rings. The van der Waals surface area contributed by atoms with Gasteiger partial charge in [0.1, 0.15) is 28.4 Å². The van der Waals surface area contributed by atoms with Crippen molar-refractivity contribution >= 4 is 28.9 Å². The second kappa shape index (κ2) is 9.14. The molecule has 206 valence electrons. The van der Waals surface area contributed by atoms with Gasteiger partial charge in [-0.1, -0.05) is 18.3 Å². The molecule has 3 unspecified atom stereocenters. The highest BCUT2D eigenvalue weighted by molar-refractivity contribution is 6.22. The van der Waals surface area contributed by atoms with E-state index in [1.54, 1.807) is 25.1 Å². The van der Waals surface area contributed by atoms with Crippen LogP contribution in [0.3, 0.4) is 0 Å². The molecular weight excluding hydrogens is 504 g/mol. The van der Waals surface area contributed by atoms with Crippen LogP contribution >= 0.6 is 0 Å². The Kier molecular flexibility index (Phi) is 6.28. The topological polar surface area (TPSA) is 182 Å². The summed E-state index contributed by atoms with van der Waals surface area (Å²) < 4.78 is 0. The molecule has 0 radical (unpaired) electrons. The van der Waals surface area contributed by atoms with Gasteiger partial charge < -0.3 is 36.2 Å². The molecule has 2 saturated carbocycles. The zero-order valence-electron chi connectivity index (χ0n) is 21.9. The van der Waals surface area contributed by atoms with E-state index in [1.807, 2.05) is 0 Å². The van der Waals surface area contributed by atoms with Crippen molar-refractivity contribution < 1.29 is 39.9 Å². The molecule has 0 bridgehead atoms. The smallest absolute Gasteiger partial charge is 0.255 e. The number of anilines is 1. The fourth-order valence-corrected chi connectivity index (χ4v) is 6.61. The highest BCUT2D eigenvalue weighted by Gasteiger charge is 2.60. The number of carbonyl (C=O) groups excluding carboxylic acids is 3.